The second kappa shape index (κ2) is 4.75. The summed E-state index contributed by atoms with van der Waals surface area (Å²) in [5.74, 6) is 0.0502. The first-order chi connectivity index (χ1) is 8.13. The summed E-state index contributed by atoms with van der Waals surface area (Å²) in [5.41, 5.74) is 0.576. The molecule has 0 heterocycles. The van der Waals surface area contributed by atoms with Gasteiger partial charge in [0.1, 0.15) is 5.75 Å². The normalized spacial score (nSPS) is 10.5. The Morgan fingerprint density at radius 2 is 2.06 bits per heavy atom. The van der Waals surface area contributed by atoms with Gasteiger partial charge in [0.2, 0.25) is 0 Å². The van der Waals surface area contributed by atoms with Gasteiger partial charge in [0.25, 0.3) is 5.91 Å². The van der Waals surface area contributed by atoms with Crippen LogP contribution in [0.1, 0.15) is 17.3 Å². The van der Waals surface area contributed by atoms with Crippen LogP contribution in [0.3, 0.4) is 0 Å². The summed E-state index contributed by atoms with van der Waals surface area (Å²) in [6.07, 6.45) is 0. The highest BCUT2D eigenvalue weighted by Crippen LogP contribution is 2.30. The molecule has 0 fully saturated rings. The molecule has 0 aliphatic heterocycles. The maximum absolute atomic E-state index is 11.9. The van der Waals surface area contributed by atoms with Crippen LogP contribution in [0.15, 0.2) is 34.8 Å². The van der Waals surface area contributed by atoms with Crippen LogP contribution in [-0.2, 0) is 0 Å². The Balaban J connectivity index is 2.66. The van der Waals surface area contributed by atoms with E-state index in [1.807, 2.05) is 19.1 Å². The second-order valence-corrected chi connectivity index (χ2v) is 4.60. The Hall–Kier alpha value is -1.55. The van der Waals surface area contributed by atoms with Gasteiger partial charge in [-0.25, -0.2) is 0 Å². The Kier molecular flexibility index (Phi) is 3.33. The van der Waals surface area contributed by atoms with Gasteiger partial charge in [-0.05, 0) is 36.6 Å². The Morgan fingerprint density at radius 1 is 1.29 bits per heavy atom. The molecule has 0 radical (unpaired) electrons. The number of hydrogen-bond donors (Lipinski definition) is 2. The van der Waals surface area contributed by atoms with E-state index in [0.29, 0.717) is 17.5 Å². The quantitative estimate of drug-likeness (QED) is 0.894. The minimum Gasteiger partial charge on any atom is -0.507 e. The summed E-state index contributed by atoms with van der Waals surface area (Å²) in [6.45, 7) is 2.45. The minimum atomic E-state index is -0.125. The van der Waals surface area contributed by atoms with Gasteiger partial charge in [-0.2, -0.15) is 0 Å². The van der Waals surface area contributed by atoms with Gasteiger partial charge in [0.05, 0.1) is 0 Å². The molecule has 2 N–H and O–H groups in total. The van der Waals surface area contributed by atoms with Gasteiger partial charge < -0.3 is 10.4 Å². The third-order valence-electron chi connectivity index (χ3n) is 2.54. The predicted octanol–water partition coefficient (Wildman–Crippen LogP) is 3.06. The predicted molar refractivity (Wildman–Crippen MR) is 71.3 cm³/mol. The number of phenolic OH excluding ortho intramolecular Hbond substituents is 1. The second-order valence-electron chi connectivity index (χ2n) is 3.68. The molecule has 0 saturated carbocycles. The molecule has 2 aromatic carbocycles. The van der Waals surface area contributed by atoms with Gasteiger partial charge >= 0.3 is 0 Å². The molecule has 3 nitrogen and oxygen atoms in total. The standard InChI is InChI=1S/C13H12BrNO2/c1-2-15-13(17)10-5-6-12(16)11-7-8(14)3-4-9(10)11/h3-7,16H,2H2,1H3,(H,15,17). The minimum absolute atomic E-state index is 0.125. The lowest BCUT2D eigenvalue weighted by atomic mass is 10.0. The van der Waals surface area contributed by atoms with E-state index in [9.17, 15) is 9.90 Å². The third kappa shape index (κ3) is 2.26. The van der Waals surface area contributed by atoms with E-state index in [4.69, 9.17) is 0 Å². The van der Waals surface area contributed by atoms with Gasteiger partial charge in [0, 0.05) is 22.0 Å². The van der Waals surface area contributed by atoms with E-state index in [1.54, 1.807) is 18.2 Å². The molecule has 2 aromatic rings. The molecule has 0 saturated heterocycles. The van der Waals surface area contributed by atoms with Gasteiger partial charge in [0.15, 0.2) is 0 Å². The van der Waals surface area contributed by atoms with E-state index in [2.05, 4.69) is 21.2 Å². The number of carbonyl (C=O) groups excluding carboxylic acids is 1. The van der Waals surface area contributed by atoms with Crippen LogP contribution < -0.4 is 5.32 Å². The van der Waals surface area contributed by atoms with Crippen molar-refractivity contribution in [2.45, 2.75) is 6.92 Å². The lowest BCUT2D eigenvalue weighted by Crippen LogP contribution is -2.22. The third-order valence-corrected chi connectivity index (χ3v) is 3.03. The molecule has 0 aliphatic carbocycles. The number of nitrogens with one attached hydrogen (secondary N) is 1. The maximum Gasteiger partial charge on any atom is 0.251 e. The maximum atomic E-state index is 11.9. The number of carbonyl (C=O) groups is 1. The smallest absolute Gasteiger partial charge is 0.251 e. The topological polar surface area (TPSA) is 49.3 Å². The summed E-state index contributed by atoms with van der Waals surface area (Å²) < 4.78 is 0.869. The molecule has 0 aliphatic rings. The molecule has 0 bridgehead atoms. The first kappa shape index (κ1) is 11.9. The number of fused-ring (bicyclic) bond motifs is 1. The molecule has 0 spiro atoms. The Morgan fingerprint density at radius 3 is 2.76 bits per heavy atom. The van der Waals surface area contributed by atoms with Crippen LogP contribution in [0.2, 0.25) is 0 Å². The van der Waals surface area contributed by atoms with Crippen molar-refractivity contribution in [2.24, 2.45) is 0 Å². The summed E-state index contributed by atoms with van der Waals surface area (Å²) >= 11 is 3.35. The largest absolute Gasteiger partial charge is 0.507 e. The number of rotatable bonds is 2. The summed E-state index contributed by atoms with van der Waals surface area (Å²) in [7, 11) is 0. The van der Waals surface area contributed by atoms with Crippen LogP contribution in [0.4, 0.5) is 0 Å². The number of phenols is 1. The van der Waals surface area contributed by atoms with Crippen LogP contribution in [0.25, 0.3) is 10.8 Å². The van der Waals surface area contributed by atoms with Crippen molar-refractivity contribution in [1.29, 1.82) is 0 Å². The SMILES string of the molecule is CCNC(=O)c1ccc(O)c2cc(Br)ccc12. The molecule has 88 valence electrons. The van der Waals surface area contributed by atoms with Crippen molar-refractivity contribution in [3.63, 3.8) is 0 Å². The number of benzene rings is 2. The van der Waals surface area contributed by atoms with Gasteiger partial charge in [-0.3, -0.25) is 4.79 Å². The van der Waals surface area contributed by atoms with Crippen LogP contribution in [-0.4, -0.2) is 17.6 Å². The van der Waals surface area contributed by atoms with Crippen LogP contribution >= 0.6 is 15.9 Å². The van der Waals surface area contributed by atoms with E-state index < -0.39 is 0 Å². The zero-order valence-corrected chi connectivity index (χ0v) is 10.9. The Bertz CT molecular complexity index is 581. The zero-order valence-electron chi connectivity index (χ0n) is 9.33. The molecule has 0 aromatic heterocycles. The van der Waals surface area contributed by atoms with E-state index in [-0.39, 0.29) is 11.7 Å². The molecule has 2 rings (SSSR count). The molecular weight excluding hydrogens is 282 g/mol. The van der Waals surface area contributed by atoms with E-state index in [1.165, 1.54) is 0 Å². The molecule has 17 heavy (non-hydrogen) atoms. The summed E-state index contributed by atoms with van der Waals surface area (Å²) in [5, 5.41) is 14.0. The summed E-state index contributed by atoms with van der Waals surface area (Å²) in [6, 6.07) is 8.65. The van der Waals surface area contributed by atoms with E-state index in [0.717, 1.165) is 9.86 Å². The number of amides is 1. The number of halogens is 1. The highest BCUT2D eigenvalue weighted by Gasteiger charge is 2.11. The molecule has 1 amide bonds. The van der Waals surface area contributed by atoms with Crippen LogP contribution in [0.5, 0.6) is 5.75 Å². The van der Waals surface area contributed by atoms with Crippen molar-refractivity contribution in [2.75, 3.05) is 6.54 Å². The lowest BCUT2D eigenvalue weighted by molar-refractivity contribution is 0.0957. The van der Waals surface area contributed by atoms with Gasteiger partial charge in [-0.15, -0.1) is 0 Å². The van der Waals surface area contributed by atoms with Crippen LogP contribution in [0, 0.1) is 0 Å². The fourth-order valence-corrected chi connectivity index (χ4v) is 2.12. The van der Waals surface area contributed by atoms with Crippen molar-refractivity contribution >= 4 is 32.6 Å². The highest BCUT2D eigenvalue weighted by molar-refractivity contribution is 9.10. The lowest BCUT2D eigenvalue weighted by Gasteiger charge is -2.08. The molecular formula is C13H12BrNO2. The zero-order chi connectivity index (χ0) is 12.4. The highest BCUT2D eigenvalue weighted by atomic mass is 79.9. The van der Waals surface area contributed by atoms with Crippen molar-refractivity contribution in [3.8, 4) is 5.75 Å². The van der Waals surface area contributed by atoms with Gasteiger partial charge in [-0.1, -0.05) is 22.0 Å². The summed E-state index contributed by atoms with van der Waals surface area (Å²) in [4.78, 5) is 11.9. The monoisotopic (exact) mass is 293 g/mol. The number of aromatic hydroxyl groups is 1. The van der Waals surface area contributed by atoms with E-state index >= 15 is 0 Å². The first-order valence-corrected chi connectivity index (χ1v) is 6.12. The number of hydrogen-bond acceptors (Lipinski definition) is 2. The Labute approximate surface area is 108 Å². The molecule has 0 atom stereocenters. The fraction of sp³-hybridized carbons (Fsp3) is 0.154. The molecule has 0 unspecified atom stereocenters. The average molecular weight is 294 g/mol. The van der Waals surface area contributed by atoms with Crippen molar-refractivity contribution < 1.29 is 9.90 Å². The average Bonchev–Trinajstić information content (AvgIpc) is 2.30. The van der Waals surface area contributed by atoms with Crippen molar-refractivity contribution in [3.05, 3.63) is 40.4 Å². The molecule has 4 heteroatoms. The first-order valence-electron chi connectivity index (χ1n) is 5.33. The fourth-order valence-electron chi connectivity index (χ4n) is 1.76. The van der Waals surface area contributed by atoms with Crippen molar-refractivity contribution in [1.82, 2.24) is 5.32 Å².